The fraction of sp³-hybridized carbons (Fsp3) is 0.206. The fourth-order valence-corrected chi connectivity index (χ4v) is 6.90. The molecule has 0 radical (unpaired) electrons. The average molecular weight is 596 g/mol. The number of aromatic nitrogens is 2. The van der Waals surface area contributed by atoms with Crippen LogP contribution in [0.3, 0.4) is 0 Å². The van der Waals surface area contributed by atoms with Crippen LogP contribution in [0.2, 0.25) is 0 Å². The first kappa shape index (κ1) is 28.4. The molecule has 5 aromatic rings. The number of esters is 1. The molecule has 0 aliphatic carbocycles. The van der Waals surface area contributed by atoms with Crippen molar-refractivity contribution in [2.24, 2.45) is 4.99 Å². The summed E-state index contributed by atoms with van der Waals surface area (Å²) >= 11 is 1.27. The third kappa shape index (κ3) is 4.79. The van der Waals surface area contributed by atoms with Crippen molar-refractivity contribution in [2.45, 2.75) is 33.7 Å². The predicted octanol–water partition coefficient (Wildman–Crippen LogP) is 5.51. The van der Waals surface area contributed by atoms with Gasteiger partial charge in [-0.15, -0.1) is 0 Å². The quantitative estimate of drug-likeness (QED) is 0.243. The highest BCUT2D eigenvalue weighted by Crippen LogP contribution is 2.40. The van der Waals surface area contributed by atoms with Gasteiger partial charge in [0.05, 0.1) is 29.5 Å². The highest BCUT2D eigenvalue weighted by atomic mass is 32.1. The third-order valence-electron chi connectivity index (χ3n) is 7.78. The standard InChI is InChI=1S/C34H30FN3O4S/c1-6-42-33(40)29-20(3)36-34-38(31(29)30-26-10-8-7-9-22(26)11-16-27(30)41-5)32(39)28(43-34)18-23-17-19(2)37(21(23)4)25-14-12-24(35)13-15-25/h7-18,31H,6H2,1-5H3/b28-18-/t31-/m0/s1. The highest BCUT2D eigenvalue weighted by Gasteiger charge is 2.36. The van der Waals surface area contributed by atoms with E-state index < -0.39 is 12.0 Å². The second kappa shape index (κ2) is 11.1. The molecule has 3 heterocycles. The Bertz CT molecular complexity index is 2120. The summed E-state index contributed by atoms with van der Waals surface area (Å²) < 4.78 is 29.0. The van der Waals surface area contributed by atoms with Gasteiger partial charge < -0.3 is 14.0 Å². The molecule has 3 aromatic carbocycles. The molecule has 0 fully saturated rings. The monoisotopic (exact) mass is 595 g/mol. The summed E-state index contributed by atoms with van der Waals surface area (Å²) in [7, 11) is 1.58. The van der Waals surface area contributed by atoms with E-state index in [1.54, 1.807) is 37.7 Å². The molecular weight excluding hydrogens is 565 g/mol. The summed E-state index contributed by atoms with van der Waals surface area (Å²) in [4.78, 5) is 33.0. The number of aryl methyl sites for hydroxylation is 1. The van der Waals surface area contributed by atoms with Crippen LogP contribution in [0.5, 0.6) is 5.75 Å². The van der Waals surface area contributed by atoms with Crippen molar-refractivity contribution >= 4 is 34.2 Å². The van der Waals surface area contributed by atoms with E-state index in [9.17, 15) is 14.0 Å². The molecule has 1 aliphatic rings. The number of hydrogen-bond acceptors (Lipinski definition) is 6. The molecule has 0 spiro atoms. The number of nitrogens with zero attached hydrogens (tertiary/aromatic N) is 3. The number of fused-ring (bicyclic) bond motifs is 2. The smallest absolute Gasteiger partial charge is 0.338 e. The Balaban J connectivity index is 1.60. The summed E-state index contributed by atoms with van der Waals surface area (Å²) in [5.74, 6) is -0.277. The Morgan fingerprint density at radius 2 is 1.81 bits per heavy atom. The number of carbonyl (C=O) groups excluding carboxylic acids is 1. The maximum Gasteiger partial charge on any atom is 0.338 e. The molecule has 0 saturated carbocycles. The number of benzene rings is 3. The third-order valence-corrected chi connectivity index (χ3v) is 8.77. The Morgan fingerprint density at radius 1 is 1.07 bits per heavy atom. The van der Waals surface area contributed by atoms with Crippen molar-refractivity contribution in [1.82, 2.24) is 9.13 Å². The van der Waals surface area contributed by atoms with Crippen molar-refractivity contribution < 1.29 is 18.7 Å². The molecule has 6 rings (SSSR count). The van der Waals surface area contributed by atoms with Crippen LogP contribution in [0.4, 0.5) is 4.39 Å². The van der Waals surface area contributed by atoms with Gasteiger partial charge in [-0.25, -0.2) is 14.2 Å². The second-order valence-electron chi connectivity index (χ2n) is 10.3. The summed E-state index contributed by atoms with van der Waals surface area (Å²) in [6, 6.07) is 19.1. The van der Waals surface area contributed by atoms with Gasteiger partial charge in [-0.2, -0.15) is 0 Å². The van der Waals surface area contributed by atoms with Gasteiger partial charge in [0.25, 0.3) is 5.56 Å². The maximum absolute atomic E-state index is 14.3. The molecule has 1 atom stereocenters. The fourth-order valence-electron chi connectivity index (χ4n) is 5.86. The number of halogens is 1. The molecule has 0 bridgehead atoms. The van der Waals surface area contributed by atoms with Gasteiger partial charge >= 0.3 is 5.97 Å². The van der Waals surface area contributed by atoms with Crippen LogP contribution in [0.15, 0.2) is 87.8 Å². The number of hydrogen-bond donors (Lipinski definition) is 0. The molecule has 0 N–H and O–H groups in total. The lowest BCUT2D eigenvalue weighted by Gasteiger charge is -2.27. The van der Waals surface area contributed by atoms with Gasteiger partial charge in [-0.05, 0) is 86.5 Å². The van der Waals surface area contributed by atoms with E-state index in [4.69, 9.17) is 14.5 Å². The van der Waals surface area contributed by atoms with Crippen molar-refractivity contribution in [2.75, 3.05) is 13.7 Å². The van der Waals surface area contributed by atoms with Crippen LogP contribution in [0.25, 0.3) is 22.5 Å². The zero-order chi connectivity index (χ0) is 30.4. The number of ether oxygens (including phenoxy) is 2. The molecule has 0 unspecified atom stereocenters. The van der Waals surface area contributed by atoms with Crippen molar-refractivity contribution in [3.8, 4) is 11.4 Å². The van der Waals surface area contributed by atoms with Crippen LogP contribution in [0.1, 0.15) is 42.4 Å². The summed E-state index contributed by atoms with van der Waals surface area (Å²) in [6.07, 6.45) is 1.85. The number of thiazole rings is 1. The number of carbonyl (C=O) groups is 1. The van der Waals surface area contributed by atoms with Crippen molar-refractivity contribution in [3.05, 3.63) is 126 Å². The molecule has 218 valence electrons. The Morgan fingerprint density at radius 3 is 2.53 bits per heavy atom. The van der Waals surface area contributed by atoms with Crippen LogP contribution in [-0.2, 0) is 9.53 Å². The molecule has 0 saturated heterocycles. The first-order valence-corrected chi connectivity index (χ1v) is 14.7. The van der Waals surface area contributed by atoms with Gasteiger partial charge in [-0.3, -0.25) is 9.36 Å². The Hall–Kier alpha value is -4.76. The van der Waals surface area contributed by atoms with E-state index >= 15 is 0 Å². The van der Waals surface area contributed by atoms with Gasteiger partial charge in [0.15, 0.2) is 4.80 Å². The lowest BCUT2D eigenvalue weighted by molar-refractivity contribution is -0.139. The number of allylic oxidation sites excluding steroid dienone is 1. The first-order valence-electron chi connectivity index (χ1n) is 13.9. The van der Waals surface area contributed by atoms with E-state index in [-0.39, 0.29) is 18.0 Å². The van der Waals surface area contributed by atoms with Crippen LogP contribution in [-0.4, -0.2) is 28.8 Å². The average Bonchev–Trinajstić information content (AvgIpc) is 3.45. The second-order valence-corrected chi connectivity index (χ2v) is 11.4. The minimum atomic E-state index is -0.815. The van der Waals surface area contributed by atoms with E-state index in [2.05, 4.69) is 0 Å². The Labute approximate surface area is 251 Å². The lowest BCUT2D eigenvalue weighted by Crippen LogP contribution is -2.40. The molecule has 0 amide bonds. The molecular formula is C34H30FN3O4S. The van der Waals surface area contributed by atoms with Crippen LogP contribution < -0.4 is 19.6 Å². The molecule has 1 aliphatic heterocycles. The topological polar surface area (TPSA) is 74.8 Å². The minimum Gasteiger partial charge on any atom is -0.496 e. The van der Waals surface area contributed by atoms with Gasteiger partial charge in [0.1, 0.15) is 17.6 Å². The largest absolute Gasteiger partial charge is 0.496 e. The van der Waals surface area contributed by atoms with Gasteiger partial charge in [-0.1, -0.05) is 41.7 Å². The van der Waals surface area contributed by atoms with E-state index in [1.807, 2.05) is 67.0 Å². The minimum absolute atomic E-state index is 0.184. The summed E-state index contributed by atoms with van der Waals surface area (Å²) in [6.45, 7) is 7.63. The van der Waals surface area contributed by atoms with E-state index in [0.29, 0.717) is 31.9 Å². The maximum atomic E-state index is 14.3. The van der Waals surface area contributed by atoms with Crippen LogP contribution >= 0.6 is 11.3 Å². The molecule has 2 aromatic heterocycles. The SMILES string of the molecule is CCOC(=O)C1=C(C)N=c2s/c(=C\c3cc(C)n(-c4ccc(F)cc4)c3C)c(=O)n2[C@@H]1c1c(OC)ccc2ccccc12. The summed E-state index contributed by atoms with van der Waals surface area (Å²) in [5, 5.41) is 1.81. The van der Waals surface area contributed by atoms with Crippen LogP contribution in [0, 0.1) is 19.7 Å². The highest BCUT2D eigenvalue weighted by molar-refractivity contribution is 7.07. The molecule has 7 nitrogen and oxygen atoms in total. The van der Waals surface area contributed by atoms with Crippen molar-refractivity contribution in [3.63, 3.8) is 0 Å². The zero-order valence-corrected chi connectivity index (χ0v) is 25.3. The lowest BCUT2D eigenvalue weighted by atomic mass is 9.90. The zero-order valence-electron chi connectivity index (χ0n) is 24.5. The normalized spacial score (nSPS) is 15.0. The first-order chi connectivity index (χ1) is 20.7. The van der Waals surface area contributed by atoms with Gasteiger partial charge in [0.2, 0.25) is 0 Å². The van der Waals surface area contributed by atoms with Gasteiger partial charge in [0, 0.05) is 22.6 Å². The molecule has 43 heavy (non-hydrogen) atoms. The summed E-state index contributed by atoms with van der Waals surface area (Å²) in [5.41, 5.74) is 4.74. The van der Waals surface area contributed by atoms with E-state index in [1.165, 1.54) is 23.5 Å². The van der Waals surface area contributed by atoms with Crippen molar-refractivity contribution in [1.29, 1.82) is 0 Å². The predicted molar refractivity (Wildman–Crippen MR) is 166 cm³/mol. The Kier molecular flexibility index (Phi) is 7.35. The number of methoxy groups -OCH3 is 1. The number of rotatable bonds is 6. The van der Waals surface area contributed by atoms with E-state index in [0.717, 1.165) is 33.4 Å². The molecule has 9 heteroatoms.